The van der Waals surface area contributed by atoms with Gasteiger partial charge in [-0.15, -0.1) is 24.0 Å². The Morgan fingerprint density at radius 1 is 1.48 bits per heavy atom. The minimum absolute atomic E-state index is 0. The molecular weight excluding hydrogens is 383 g/mol. The van der Waals surface area contributed by atoms with Crippen molar-refractivity contribution in [3.8, 4) is 5.82 Å². The van der Waals surface area contributed by atoms with Crippen LogP contribution in [0.25, 0.3) is 5.82 Å². The highest BCUT2D eigenvalue weighted by Gasteiger charge is 2.00. The van der Waals surface area contributed by atoms with Crippen LogP contribution >= 0.6 is 24.0 Å². The van der Waals surface area contributed by atoms with E-state index in [1.165, 1.54) is 0 Å². The maximum atomic E-state index is 5.75. The molecule has 0 aliphatic carbocycles. The summed E-state index contributed by atoms with van der Waals surface area (Å²) >= 11 is 0. The number of halogens is 1. The SMILES string of the molecule is COCCNC(N)=NCc1ccnc(-n2cccn2)c1.I. The van der Waals surface area contributed by atoms with Crippen LogP contribution in [0.4, 0.5) is 0 Å². The number of ether oxygens (including phenoxy) is 1. The van der Waals surface area contributed by atoms with Gasteiger partial charge in [-0.1, -0.05) is 0 Å². The van der Waals surface area contributed by atoms with E-state index in [2.05, 4.69) is 20.4 Å². The average molecular weight is 402 g/mol. The molecule has 2 aromatic rings. The molecule has 0 bridgehead atoms. The highest BCUT2D eigenvalue weighted by molar-refractivity contribution is 14.0. The summed E-state index contributed by atoms with van der Waals surface area (Å²) in [6, 6.07) is 5.68. The van der Waals surface area contributed by atoms with Crippen LogP contribution < -0.4 is 11.1 Å². The summed E-state index contributed by atoms with van der Waals surface area (Å²) in [6.45, 7) is 1.72. The van der Waals surface area contributed by atoms with Crippen LogP contribution in [0.5, 0.6) is 0 Å². The van der Waals surface area contributed by atoms with Crippen LogP contribution in [-0.2, 0) is 11.3 Å². The molecule has 0 amide bonds. The minimum atomic E-state index is 0. The Labute approximate surface area is 140 Å². The summed E-state index contributed by atoms with van der Waals surface area (Å²) in [5, 5.41) is 7.11. The first kappa shape index (κ1) is 17.4. The van der Waals surface area contributed by atoms with Gasteiger partial charge in [0.25, 0.3) is 0 Å². The highest BCUT2D eigenvalue weighted by Crippen LogP contribution is 2.07. The summed E-state index contributed by atoms with van der Waals surface area (Å²) in [4.78, 5) is 8.52. The number of hydrogen-bond donors (Lipinski definition) is 2. The molecule has 21 heavy (non-hydrogen) atoms. The van der Waals surface area contributed by atoms with Gasteiger partial charge in [-0.05, 0) is 23.8 Å². The Balaban J connectivity index is 0.00000220. The monoisotopic (exact) mass is 402 g/mol. The van der Waals surface area contributed by atoms with Crippen molar-refractivity contribution in [3.05, 3.63) is 42.4 Å². The second-order valence-electron chi connectivity index (χ2n) is 4.09. The van der Waals surface area contributed by atoms with Crippen molar-refractivity contribution in [1.82, 2.24) is 20.1 Å². The van der Waals surface area contributed by atoms with Crippen LogP contribution in [-0.4, -0.2) is 41.0 Å². The van der Waals surface area contributed by atoms with Crippen molar-refractivity contribution in [2.45, 2.75) is 6.54 Å². The van der Waals surface area contributed by atoms with E-state index in [0.717, 1.165) is 11.4 Å². The van der Waals surface area contributed by atoms with Crippen LogP contribution in [0, 0.1) is 0 Å². The molecule has 0 spiro atoms. The molecule has 0 saturated heterocycles. The second kappa shape index (κ2) is 9.29. The van der Waals surface area contributed by atoms with Gasteiger partial charge in [0.1, 0.15) is 0 Å². The maximum absolute atomic E-state index is 5.75. The van der Waals surface area contributed by atoms with Crippen molar-refractivity contribution in [2.24, 2.45) is 10.7 Å². The lowest BCUT2D eigenvalue weighted by molar-refractivity contribution is 0.204. The minimum Gasteiger partial charge on any atom is -0.383 e. The molecule has 0 fully saturated rings. The van der Waals surface area contributed by atoms with Crippen molar-refractivity contribution in [1.29, 1.82) is 0 Å². The Kier molecular flexibility index (Phi) is 7.69. The fourth-order valence-electron chi connectivity index (χ4n) is 1.60. The molecule has 3 N–H and O–H groups in total. The molecule has 0 radical (unpaired) electrons. The number of rotatable bonds is 6. The molecule has 0 saturated carbocycles. The van der Waals surface area contributed by atoms with Crippen molar-refractivity contribution in [3.63, 3.8) is 0 Å². The summed E-state index contributed by atoms with van der Waals surface area (Å²) in [5.41, 5.74) is 6.76. The Bertz CT molecular complexity index is 558. The summed E-state index contributed by atoms with van der Waals surface area (Å²) in [6.07, 6.45) is 5.29. The maximum Gasteiger partial charge on any atom is 0.188 e. The number of pyridine rings is 1. The summed E-state index contributed by atoms with van der Waals surface area (Å²) in [5.74, 6) is 1.16. The molecule has 0 aliphatic rings. The van der Waals surface area contributed by atoms with Gasteiger partial charge in [0.05, 0.1) is 13.2 Å². The summed E-state index contributed by atoms with van der Waals surface area (Å²) in [7, 11) is 1.64. The molecule has 2 heterocycles. The van der Waals surface area contributed by atoms with E-state index in [0.29, 0.717) is 25.7 Å². The molecular formula is C13H19IN6O. The van der Waals surface area contributed by atoms with Gasteiger partial charge in [0.15, 0.2) is 11.8 Å². The van der Waals surface area contributed by atoms with E-state index < -0.39 is 0 Å². The van der Waals surface area contributed by atoms with Crippen LogP contribution in [0.3, 0.4) is 0 Å². The van der Waals surface area contributed by atoms with Gasteiger partial charge < -0.3 is 15.8 Å². The fraction of sp³-hybridized carbons (Fsp3) is 0.308. The number of nitrogens with zero attached hydrogens (tertiary/aromatic N) is 4. The van der Waals surface area contributed by atoms with Gasteiger partial charge in [0.2, 0.25) is 0 Å². The molecule has 0 atom stereocenters. The van der Waals surface area contributed by atoms with Crippen LogP contribution in [0.15, 0.2) is 41.8 Å². The van der Waals surface area contributed by atoms with E-state index in [-0.39, 0.29) is 24.0 Å². The third-order valence-electron chi connectivity index (χ3n) is 2.59. The van der Waals surface area contributed by atoms with E-state index in [1.54, 1.807) is 24.2 Å². The molecule has 7 nitrogen and oxygen atoms in total. The van der Waals surface area contributed by atoms with E-state index in [1.807, 2.05) is 24.4 Å². The molecule has 2 rings (SSSR count). The van der Waals surface area contributed by atoms with Crippen molar-refractivity contribution in [2.75, 3.05) is 20.3 Å². The topological polar surface area (TPSA) is 90.4 Å². The Morgan fingerprint density at radius 2 is 2.33 bits per heavy atom. The lowest BCUT2D eigenvalue weighted by Crippen LogP contribution is -2.34. The largest absolute Gasteiger partial charge is 0.383 e. The number of aromatic nitrogens is 3. The molecule has 8 heteroatoms. The average Bonchev–Trinajstić information content (AvgIpc) is 3.00. The van der Waals surface area contributed by atoms with Crippen LogP contribution in [0.2, 0.25) is 0 Å². The van der Waals surface area contributed by atoms with Gasteiger partial charge in [-0.2, -0.15) is 5.10 Å². The first-order chi connectivity index (χ1) is 9.79. The molecule has 114 valence electrons. The van der Waals surface area contributed by atoms with Crippen molar-refractivity contribution < 1.29 is 4.74 Å². The lowest BCUT2D eigenvalue weighted by atomic mass is 10.2. The Morgan fingerprint density at radius 3 is 3.05 bits per heavy atom. The number of methoxy groups -OCH3 is 1. The number of hydrogen-bond acceptors (Lipinski definition) is 4. The van der Waals surface area contributed by atoms with E-state index >= 15 is 0 Å². The number of nitrogens with one attached hydrogen (secondary N) is 1. The van der Waals surface area contributed by atoms with Gasteiger partial charge in [-0.3, -0.25) is 0 Å². The third-order valence-corrected chi connectivity index (χ3v) is 2.59. The Hall–Kier alpha value is -1.68. The summed E-state index contributed by atoms with van der Waals surface area (Å²) < 4.78 is 6.62. The predicted octanol–water partition coefficient (Wildman–Crippen LogP) is 0.936. The zero-order chi connectivity index (χ0) is 14.2. The predicted molar refractivity (Wildman–Crippen MR) is 92.0 cm³/mol. The third kappa shape index (κ3) is 5.68. The zero-order valence-corrected chi connectivity index (χ0v) is 14.1. The zero-order valence-electron chi connectivity index (χ0n) is 11.8. The van der Waals surface area contributed by atoms with E-state index in [4.69, 9.17) is 10.5 Å². The molecule has 0 unspecified atom stereocenters. The highest BCUT2D eigenvalue weighted by atomic mass is 127. The first-order valence-electron chi connectivity index (χ1n) is 6.27. The number of aliphatic imine (C=N–C) groups is 1. The fourth-order valence-corrected chi connectivity index (χ4v) is 1.60. The van der Waals surface area contributed by atoms with Crippen LogP contribution in [0.1, 0.15) is 5.56 Å². The molecule has 2 aromatic heterocycles. The first-order valence-corrected chi connectivity index (χ1v) is 6.27. The standard InChI is InChI=1S/C13H18N6O.HI/c1-20-8-6-16-13(14)17-10-11-3-5-15-12(9-11)19-7-2-4-18-19;/h2-5,7,9H,6,8,10H2,1H3,(H3,14,16,17);1H. The van der Waals surface area contributed by atoms with Gasteiger partial charge >= 0.3 is 0 Å². The molecule has 0 aliphatic heterocycles. The smallest absolute Gasteiger partial charge is 0.188 e. The van der Waals surface area contributed by atoms with E-state index in [9.17, 15) is 0 Å². The second-order valence-corrected chi connectivity index (χ2v) is 4.09. The molecule has 0 aromatic carbocycles. The normalized spacial score (nSPS) is 11.0. The van der Waals surface area contributed by atoms with Gasteiger partial charge in [-0.25, -0.2) is 14.7 Å². The van der Waals surface area contributed by atoms with Crippen molar-refractivity contribution >= 4 is 29.9 Å². The van der Waals surface area contributed by atoms with Gasteiger partial charge in [0, 0.05) is 32.2 Å². The number of nitrogens with two attached hydrogens (primary N) is 1. The quantitative estimate of drug-likeness (QED) is 0.325. The lowest BCUT2D eigenvalue weighted by Gasteiger charge is -2.05. The number of guanidine groups is 1.